The molecule has 0 aliphatic heterocycles. The zero-order valence-corrected chi connectivity index (χ0v) is 14.9. The van der Waals surface area contributed by atoms with Crippen LogP contribution in [-0.4, -0.2) is 0 Å². The van der Waals surface area contributed by atoms with Gasteiger partial charge < -0.3 is 0 Å². The minimum atomic E-state index is -0.103. The zero-order valence-electron chi connectivity index (χ0n) is 14.9. The van der Waals surface area contributed by atoms with E-state index in [1.165, 1.54) is 44.5 Å². The minimum Gasteiger partial charge on any atom is -0.0836 e. The molecule has 0 fully saturated rings. The van der Waals surface area contributed by atoms with Crippen LogP contribution in [0.5, 0.6) is 0 Å². The lowest BCUT2D eigenvalue weighted by atomic mass is 9.68. The molecule has 0 bridgehead atoms. The highest BCUT2D eigenvalue weighted by molar-refractivity contribution is 5.97. The molecule has 0 aromatic heterocycles. The van der Waals surface area contributed by atoms with Gasteiger partial charge in [0.15, 0.2) is 0 Å². The Bertz CT molecular complexity index is 1140. The van der Waals surface area contributed by atoms with E-state index in [1.807, 2.05) is 0 Å². The van der Waals surface area contributed by atoms with Crippen LogP contribution >= 0.6 is 0 Å². The molecule has 0 heterocycles. The summed E-state index contributed by atoms with van der Waals surface area (Å²) in [5.74, 6) is 0. The summed E-state index contributed by atoms with van der Waals surface area (Å²) in [5.41, 5.74) is 13.0. The second-order valence-electron chi connectivity index (χ2n) is 7.67. The molecule has 0 saturated carbocycles. The maximum absolute atomic E-state index is 2.37. The van der Waals surface area contributed by atoms with Gasteiger partial charge in [-0.2, -0.15) is 0 Å². The number of hydrogen-bond donors (Lipinski definition) is 0. The third kappa shape index (κ3) is 1.48. The maximum atomic E-state index is 2.37. The molecular formula is C26H20. The Balaban J connectivity index is 1.85. The van der Waals surface area contributed by atoms with Crippen LogP contribution in [0.15, 0.2) is 84.5 Å². The summed E-state index contributed by atoms with van der Waals surface area (Å²) in [6, 6.07) is 25.0. The lowest BCUT2D eigenvalue weighted by Gasteiger charge is -2.33. The van der Waals surface area contributed by atoms with E-state index in [-0.39, 0.29) is 5.41 Å². The molecule has 3 aliphatic carbocycles. The van der Waals surface area contributed by atoms with E-state index in [0.29, 0.717) is 0 Å². The highest BCUT2D eigenvalue weighted by atomic mass is 14.5. The molecular weight excluding hydrogens is 312 g/mol. The summed E-state index contributed by atoms with van der Waals surface area (Å²) in [4.78, 5) is 0. The van der Waals surface area contributed by atoms with E-state index < -0.39 is 0 Å². The first kappa shape index (κ1) is 14.3. The van der Waals surface area contributed by atoms with Gasteiger partial charge in [-0.05, 0) is 69.9 Å². The largest absolute Gasteiger partial charge is 0.0836 e. The second kappa shape index (κ2) is 4.86. The molecule has 0 nitrogen and oxygen atoms in total. The Labute approximate surface area is 154 Å². The van der Waals surface area contributed by atoms with Crippen LogP contribution in [0.25, 0.3) is 16.7 Å². The van der Waals surface area contributed by atoms with Gasteiger partial charge in [0, 0.05) is 0 Å². The molecule has 3 aromatic rings. The normalized spacial score (nSPS) is 21.6. The van der Waals surface area contributed by atoms with Crippen molar-refractivity contribution in [2.75, 3.05) is 0 Å². The van der Waals surface area contributed by atoms with Gasteiger partial charge in [-0.3, -0.25) is 0 Å². The Hall–Kier alpha value is -2.86. The number of fused-ring (bicyclic) bond motifs is 9. The number of hydrogen-bond acceptors (Lipinski definition) is 0. The second-order valence-corrected chi connectivity index (χ2v) is 7.67. The number of aryl methyl sites for hydroxylation is 1. The number of rotatable bonds is 0. The molecule has 3 aliphatic rings. The summed E-state index contributed by atoms with van der Waals surface area (Å²) in [6.45, 7) is 2.26. The number of allylic oxidation sites excluding steroid dienone is 4. The maximum Gasteiger partial charge on any atom is 0.0688 e. The van der Waals surface area contributed by atoms with Crippen LogP contribution in [0.2, 0.25) is 0 Å². The number of benzene rings is 3. The van der Waals surface area contributed by atoms with Gasteiger partial charge in [0.25, 0.3) is 0 Å². The average Bonchev–Trinajstić information content (AvgIpc) is 3.16. The van der Waals surface area contributed by atoms with Gasteiger partial charge in [0.2, 0.25) is 0 Å². The van der Waals surface area contributed by atoms with Crippen LogP contribution in [0, 0.1) is 6.92 Å². The van der Waals surface area contributed by atoms with E-state index in [1.54, 1.807) is 5.57 Å². The third-order valence-electron chi connectivity index (χ3n) is 6.52. The van der Waals surface area contributed by atoms with E-state index in [0.717, 1.165) is 12.8 Å². The van der Waals surface area contributed by atoms with Crippen LogP contribution < -0.4 is 0 Å². The van der Waals surface area contributed by atoms with Gasteiger partial charge in [-0.1, -0.05) is 78.9 Å². The molecule has 3 aromatic carbocycles. The summed E-state index contributed by atoms with van der Waals surface area (Å²) >= 11 is 0. The van der Waals surface area contributed by atoms with Crippen molar-refractivity contribution in [3.63, 3.8) is 0 Å². The molecule has 0 heteroatoms. The van der Waals surface area contributed by atoms with Crippen LogP contribution in [0.4, 0.5) is 0 Å². The fourth-order valence-corrected chi connectivity index (χ4v) is 5.64. The smallest absolute Gasteiger partial charge is 0.0688 e. The van der Waals surface area contributed by atoms with Gasteiger partial charge in [0.1, 0.15) is 0 Å². The lowest BCUT2D eigenvalue weighted by Crippen LogP contribution is -2.27. The topological polar surface area (TPSA) is 0 Å². The highest BCUT2D eigenvalue weighted by Gasteiger charge is 2.52. The van der Waals surface area contributed by atoms with Crippen LogP contribution in [0.3, 0.4) is 0 Å². The lowest BCUT2D eigenvalue weighted by molar-refractivity contribution is 0.714. The van der Waals surface area contributed by atoms with Crippen molar-refractivity contribution >= 4 is 5.57 Å². The fourth-order valence-electron chi connectivity index (χ4n) is 5.64. The fraction of sp³-hybridized carbons (Fsp3) is 0.154. The van der Waals surface area contributed by atoms with Crippen molar-refractivity contribution in [1.29, 1.82) is 0 Å². The Morgan fingerprint density at radius 3 is 2.27 bits per heavy atom. The quantitative estimate of drug-likeness (QED) is 0.445. The third-order valence-corrected chi connectivity index (χ3v) is 6.52. The van der Waals surface area contributed by atoms with E-state index in [4.69, 9.17) is 0 Å². The predicted octanol–water partition coefficient (Wildman–Crippen LogP) is 6.43. The predicted molar refractivity (Wildman–Crippen MR) is 108 cm³/mol. The van der Waals surface area contributed by atoms with Gasteiger partial charge in [-0.15, -0.1) is 0 Å². The molecule has 26 heavy (non-hydrogen) atoms. The summed E-state index contributed by atoms with van der Waals surface area (Å²) in [7, 11) is 0. The molecule has 0 N–H and O–H groups in total. The molecule has 124 valence electrons. The monoisotopic (exact) mass is 332 g/mol. The highest BCUT2D eigenvalue weighted by Crippen LogP contribution is 2.63. The summed E-state index contributed by atoms with van der Waals surface area (Å²) < 4.78 is 0. The Morgan fingerprint density at radius 1 is 0.731 bits per heavy atom. The van der Waals surface area contributed by atoms with E-state index >= 15 is 0 Å². The summed E-state index contributed by atoms with van der Waals surface area (Å²) in [6.07, 6.45) is 6.98. The first-order valence-electron chi connectivity index (χ1n) is 9.53. The molecule has 6 rings (SSSR count). The molecule has 1 spiro atoms. The van der Waals surface area contributed by atoms with E-state index in [2.05, 4.69) is 85.8 Å². The molecule has 0 saturated heterocycles. The van der Waals surface area contributed by atoms with Crippen molar-refractivity contribution in [1.82, 2.24) is 0 Å². The Morgan fingerprint density at radius 2 is 1.42 bits per heavy atom. The van der Waals surface area contributed by atoms with Crippen molar-refractivity contribution in [3.8, 4) is 11.1 Å². The minimum absolute atomic E-state index is 0.103. The summed E-state index contributed by atoms with van der Waals surface area (Å²) in [5, 5.41) is 0. The van der Waals surface area contributed by atoms with Gasteiger partial charge in [-0.25, -0.2) is 0 Å². The van der Waals surface area contributed by atoms with Crippen molar-refractivity contribution in [2.45, 2.75) is 25.2 Å². The van der Waals surface area contributed by atoms with Crippen molar-refractivity contribution in [2.24, 2.45) is 0 Å². The molecule has 0 radical (unpaired) electrons. The molecule has 1 atom stereocenters. The van der Waals surface area contributed by atoms with Crippen molar-refractivity contribution < 1.29 is 0 Å². The van der Waals surface area contributed by atoms with E-state index in [9.17, 15) is 0 Å². The van der Waals surface area contributed by atoms with Gasteiger partial charge in [0.05, 0.1) is 5.41 Å². The zero-order chi connectivity index (χ0) is 17.3. The molecule has 1 unspecified atom stereocenters. The SMILES string of the molecule is Cc1cccc2c1-c1ccccc1C21C2=C(C=CCC2)c2ccccc21. The first-order valence-corrected chi connectivity index (χ1v) is 9.53. The van der Waals surface area contributed by atoms with Crippen molar-refractivity contribution in [3.05, 3.63) is 112 Å². The standard InChI is InChI=1S/C26H20/c1-17-9-8-16-24-25(17)20-12-4-7-15-23(20)26(24)21-13-5-2-10-18(21)19-11-3-6-14-22(19)26/h2-5,7-13,15-16H,6,14H2,1H3. The van der Waals surface area contributed by atoms with Crippen LogP contribution in [-0.2, 0) is 5.41 Å². The average molecular weight is 332 g/mol. The Kier molecular flexibility index (Phi) is 2.68. The van der Waals surface area contributed by atoms with Crippen LogP contribution in [0.1, 0.15) is 40.7 Å². The van der Waals surface area contributed by atoms with Gasteiger partial charge >= 0.3 is 0 Å². The molecule has 0 amide bonds. The first-order chi connectivity index (χ1) is 12.8.